The number of aryl methyl sites for hydroxylation is 1. The monoisotopic (exact) mass is 200 g/mol. The Hall–Kier alpha value is -0.340. The first-order chi connectivity index (χ1) is 5.79. The number of carbonyl (C=O) groups excluding carboxylic acids is 1. The lowest BCUT2D eigenvalue weighted by atomic mass is 9.96. The third-order valence-electron chi connectivity index (χ3n) is 2.27. The van der Waals surface area contributed by atoms with E-state index in [1.807, 2.05) is 5.38 Å². The molecule has 0 bridgehead atoms. The Morgan fingerprint density at radius 1 is 1.42 bits per heavy atom. The zero-order chi connectivity index (χ0) is 8.55. The van der Waals surface area contributed by atoms with Crippen molar-refractivity contribution in [2.45, 2.75) is 25.7 Å². The van der Waals surface area contributed by atoms with Crippen LogP contribution in [0.4, 0.5) is 0 Å². The standard InChI is InChI=1S/C9H9ClOS/c10-9(11)7-5-12-8-4-2-1-3-6(7)8/h5H,1-4H2. The molecule has 0 atom stereocenters. The predicted molar refractivity (Wildman–Crippen MR) is 51.1 cm³/mol. The number of hydrogen-bond acceptors (Lipinski definition) is 2. The molecule has 1 heterocycles. The average molecular weight is 201 g/mol. The van der Waals surface area contributed by atoms with Crippen molar-refractivity contribution in [2.75, 3.05) is 0 Å². The van der Waals surface area contributed by atoms with Gasteiger partial charge in [0.15, 0.2) is 0 Å². The summed E-state index contributed by atoms with van der Waals surface area (Å²) in [6.45, 7) is 0. The number of fused-ring (bicyclic) bond motifs is 1. The van der Waals surface area contributed by atoms with Crippen LogP contribution in [-0.4, -0.2) is 5.24 Å². The van der Waals surface area contributed by atoms with Crippen LogP contribution in [0, 0.1) is 0 Å². The highest BCUT2D eigenvalue weighted by Gasteiger charge is 2.18. The molecule has 1 aromatic rings. The summed E-state index contributed by atoms with van der Waals surface area (Å²) in [5, 5.41) is 1.60. The van der Waals surface area contributed by atoms with E-state index in [2.05, 4.69) is 0 Å². The second-order valence-corrected chi connectivity index (χ2v) is 4.34. The van der Waals surface area contributed by atoms with Gasteiger partial charge in [0.2, 0.25) is 0 Å². The van der Waals surface area contributed by atoms with E-state index in [1.165, 1.54) is 23.3 Å². The molecule has 0 N–H and O–H groups in total. The van der Waals surface area contributed by atoms with Gasteiger partial charge in [-0.3, -0.25) is 4.79 Å². The second-order valence-electron chi connectivity index (χ2n) is 3.03. The Bertz CT molecular complexity index is 316. The van der Waals surface area contributed by atoms with E-state index in [9.17, 15) is 4.79 Å². The minimum Gasteiger partial charge on any atom is -0.276 e. The summed E-state index contributed by atoms with van der Waals surface area (Å²) in [6, 6.07) is 0. The van der Waals surface area contributed by atoms with Crippen LogP contribution in [0.3, 0.4) is 0 Å². The van der Waals surface area contributed by atoms with E-state index in [4.69, 9.17) is 11.6 Å². The molecule has 0 unspecified atom stereocenters. The van der Waals surface area contributed by atoms with Crippen molar-refractivity contribution in [1.29, 1.82) is 0 Å². The third kappa shape index (κ3) is 1.29. The summed E-state index contributed by atoms with van der Waals surface area (Å²) in [6.07, 6.45) is 4.61. The number of hydrogen-bond donors (Lipinski definition) is 0. The summed E-state index contributed by atoms with van der Waals surface area (Å²) in [5.74, 6) is 0. The third-order valence-corrected chi connectivity index (χ3v) is 3.57. The molecule has 0 spiro atoms. The Balaban J connectivity index is 2.44. The molecular weight excluding hydrogens is 192 g/mol. The van der Waals surface area contributed by atoms with Crippen LogP contribution in [0.25, 0.3) is 0 Å². The topological polar surface area (TPSA) is 17.1 Å². The zero-order valence-corrected chi connectivity index (χ0v) is 8.17. The van der Waals surface area contributed by atoms with Crippen molar-refractivity contribution in [3.05, 3.63) is 21.4 Å². The summed E-state index contributed by atoms with van der Waals surface area (Å²) in [5.41, 5.74) is 1.96. The van der Waals surface area contributed by atoms with Crippen LogP contribution in [0.15, 0.2) is 5.38 Å². The molecule has 0 saturated heterocycles. The molecule has 0 saturated carbocycles. The molecule has 1 nitrogen and oxygen atoms in total. The van der Waals surface area contributed by atoms with Crippen molar-refractivity contribution in [3.8, 4) is 0 Å². The largest absolute Gasteiger partial charge is 0.276 e. The lowest BCUT2D eigenvalue weighted by molar-refractivity contribution is 0.108. The van der Waals surface area contributed by atoms with Crippen LogP contribution < -0.4 is 0 Å². The zero-order valence-electron chi connectivity index (χ0n) is 6.60. The van der Waals surface area contributed by atoms with Crippen LogP contribution in [0.2, 0.25) is 0 Å². The average Bonchev–Trinajstić information content (AvgIpc) is 2.47. The van der Waals surface area contributed by atoms with Gasteiger partial charge in [-0.2, -0.15) is 0 Å². The van der Waals surface area contributed by atoms with Crippen LogP contribution in [-0.2, 0) is 12.8 Å². The van der Waals surface area contributed by atoms with Gasteiger partial charge in [-0.05, 0) is 42.8 Å². The van der Waals surface area contributed by atoms with Gasteiger partial charge in [-0.15, -0.1) is 11.3 Å². The van der Waals surface area contributed by atoms with E-state index in [0.717, 1.165) is 18.4 Å². The SMILES string of the molecule is O=C(Cl)c1csc2c1CCCC2. The molecule has 0 radical (unpaired) electrons. The normalized spacial score (nSPS) is 15.8. The van der Waals surface area contributed by atoms with Gasteiger partial charge in [-0.25, -0.2) is 0 Å². The van der Waals surface area contributed by atoms with Crippen molar-refractivity contribution in [1.82, 2.24) is 0 Å². The molecule has 12 heavy (non-hydrogen) atoms. The Morgan fingerprint density at radius 3 is 2.92 bits per heavy atom. The van der Waals surface area contributed by atoms with Crippen molar-refractivity contribution in [2.24, 2.45) is 0 Å². The lowest BCUT2D eigenvalue weighted by Gasteiger charge is -2.10. The second kappa shape index (κ2) is 3.19. The van der Waals surface area contributed by atoms with Gasteiger partial charge in [0.1, 0.15) is 0 Å². The molecule has 2 rings (SSSR count). The number of thiophene rings is 1. The van der Waals surface area contributed by atoms with Crippen LogP contribution in [0.5, 0.6) is 0 Å². The predicted octanol–water partition coefficient (Wildman–Crippen LogP) is 3.01. The first-order valence-electron chi connectivity index (χ1n) is 4.08. The number of rotatable bonds is 1. The molecule has 0 aromatic carbocycles. The molecule has 1 aromatic heterocycles. The van der Waals surface area contributed by atoms with E-state index in [1.54, 1.807) is 11.3 Å². The molecule has 0 amide bonds. The Labute approximate surface area is 80.4 Å². The minimum absolute atomic E-state index is 0.297. The molecule has 1 aliphatic carbocycles. The Kier molecular flexibility index (Phi) is 2.20. The van der Waals surface area contributed by atoms with E-state index < -0.39 is 0 Å². The maximum Gasteiger partial charge on any atom is 0.253 e. The fourth-order valence-electron chi connectivity index (χ4n) is 1.66. The van der Waals surface area contributed by atoms with Crippen molar-refractivity contribution in [3.63, 3.8) is 0 Å². The highest BCUT2D eigenvalue weighted by Crippen LogP contribution is 2.30. The fraction of sp³-hybridized carbons (Fsp3) is 0.444. The van der Waals surface area contributed by atoms with Crippen molar-refractivity contribution >= 4 is 28.2 Å². The summed E-state index contributed by atoms with van der Waals surface area (Å²) < 4.78 is 0. The lowest BCUT2D eigenvalue weighted by Crippen LogP contribution is -2.02. The quantitative estimate of drug-likeness (QED) is 0.637. The molecular formula is C9H9ClOS. The fourth-order valence-corrected chi connectivity index (χ4v) is 3.02. The van der Waals surface area contributed by atoms with E-state index >= 15 is 0 Å². The highest BCUT2D eigenvalue weighted by molar-refractivity contribution is 7.10. The van der Waals surface area contributed by atoms with Gasteiger partial charge in [0, 0.05) is 15.8 Å². The van der Waals surface area contributed by atoms with Crippen LogP contribution in [0.1, 0.15) is 33.6 Å². The maximum atomic E-state index is 11.0. The first-order valence-corrected chi connectivity index (χ1v) is 5.34. The smallest absolute Gasteiger partial charge is 0.253 e. The van der Waals surface area contributed by atoms with Gasteiger partial charge in [-0.1, -0.05) is 0 Å². The molecule has 0 aliphatic heterocycles. The number of halogens is 1. The van der Waals surface area contributed by atoms with E-state index in [-0.39, 0.29) is 5.24 Å². The summed E-state index contributed by atoms with van der Waals surface area (Å²) >= 11 is 7.12. The summed E-state index contributed by atoms with van der Waals surface area (Å²) in [4.78, 5) is 12.3. The van der Waals surface area contributed by atoms with Gasteiger partial charge in [0.05, 0.1) is 0 Å². The molecule has 64 valence electrons. The Morgan fingerprint density at radius 2 is 2.17 bits per heavy atom. The van der Waals surface area contributed by atoms with Crippen molar-refractivity contribution < 1.29 is 4.79 Å². The molecule has 1 aliphatic rings. The first kappa shape index (κ1) is 8.27. The summed E-state index contributed by atoms with van der Waals surface area (Å²) in [7, 11) is 0. The van der Waals surface area contributed by atoms with Crippen LogP contribution >= 0.6 is 22.9 Å². The van der Waals surface area contributed by atoms with Gasteiger partial charge >= 0.3 is 0 Å². The minimum atomic E-state index is -0.297. The molecule has 3 heteroatoms. The molecule has 0 fully saturated rings. The van der Waals surface area contributed by atoms with E-state index in [0.29, 0.717) is 0 Å². The highest BCUT2D eigenvalue weighted by atomic mass is 35.5. The number of carbonyl (C=O) groups is 1. The van der Waals surface area contributed by atoms with Gasteiger partial charge < -0.3 is 0 Å². The van der Waals surface area contributed by atoms with Gasteiger partial charge in [0.25, 0.3) is 5.24 Å². The maximum absolute atomic E-state index is 11.0.